The second-order valence-electron chi connectivity index (χ2n) is 8.53. The van der Waals surface area contributed by atoms with Crippen molar-refractivity contribution in [1.29, 1.82) is 0 Å². The lowest BCUT2D eigenvalue weighted by Gasteiger charge is -2.34. The highest BCUT2D eigenvalue weighted by Crippen LogP contribution is 2.20. The fourth-order valence-electron chi connectivity index (χ4n) is 4.58. The van der Waals surface area contributed by atoms with Gasteiger partial charge in [0, 0.05) is 49.5 Å². The highest BCUT2D eigenvalue weighted by Gasteiger charge is 2.29. The van der Waals surface area contributed by atoms with Crippen molar-refractivity contribution in [2.45, 2.75) is 25.8 Å². The number of ketones is 1. The lowest BCUT2D eigenvalue weighted by Crippen LogP contribution is -2.50. The Morgan fingerprint density at radius 3 is 2.03 bits per heavy atom. The van der Waals surface area contributed by atoms with Crippen LogP contribution in [0.1, 0.15) is 55.3 Å². The van der Waals surface area contributed by atoms with Crippen LogP contribution >= 0.6 is 0 Å². The van der Waals surface area contributed by atoms with Crippen molar-refractivity contribution in [2.75, 3.05) is 26.2 Å². The molecule has 7 nitrogen and oxygen atoms in total. The number of aryl methyl sites for hydroxylation is 2. The molecule has 1 saturated heterocycles. The van der Waals surface area contributed by atoms with Gasteiger partial charge in [0.05, 0.1) is 5.56 Å². The molecule has 2 aliphatic rings. The second kappa shape index (κ2) is 9.02. The number of nitrogens with zero attached hydrogens (tertiary/aromatic N) is 4. The van der Waals surface area contributed by atoms with E-state index in [4.69, 9.17) is 0 Å². The highest BCUT2D eigenvalue weighted by atomic mass is 16.2. The third-order valence-corrected chi connectivity index (χ3v) is 6.43. The molecule has 0 bridgehead atoms. The quantitative estimate of drug-likeness (QED) is 0.582. The van der Waals surface area contributed by atoms with E-state index < -0.39 is 0 Å². The van der Waals surface area contributed by atoms with Crippen LogP contribution in [0.2, 0.25) is 0 Å². The maximum atomic E-state index is 13.3. The first-order valence-electron chi connectivity index (χ1n) is 11.5. The zero-order chi connectivity index (χ0) is 22.8. The van der Waals surface area contributed by atoms with Gasteiger partial charge in [0.15, 0.2) is 11.5 Å². The van der Waals surface area contributed by atoms with E-state index in [0.717, 1.165) is 31.5 Å². The van der Waals surface area contributed by atoms with Gasteiger partial charge in [-0.3, -0.25) is 19.1 Å². The van der Waals surface area contributed by atoms with E-state index in [-0.39, 0.29) is 17.6 Å². The summed E-state index contributed by atoms with van der Waals surface area (Å²) in [5.41, 5.74) is 2.96. The van der Waals surface area contributed by atoms with Crippen molar-refractivity contribution in [3.05, 3.63) is 88.7 Å². The molecule has 0 atom stereocenters. The number of rotatable bonds is 4. The molecule has 0 radical (unpaired) electrons. The van der Waals surface area contributed by atoms with Gasteiger partial charge in [0.25, 0.3) is 11.8 Å². The number of aromatic nitrogens is 2. The van der Waals surface area contributed by atoms with E-state index >= 15 is 0 Å². The van der Waals surface area contributed by atoms with Crippen molar-refractivity contribution < 1.29 is 14.4 Å². The lowest BCUT2D eigenvalue weighted by molar-refractivity contribution is 0.0531. The summed E-state index contributed by atoms with van der Waals surface area (Å²) in [5, 5.41) is 4.49. The Kier molecular flexibility index (Phi) is 5.77. The Morgan fingerprint density at radius 1 is 0.697 bits per heavy atom. The van der Waals surface area contributed by atoms with Crippen LogP contribution in [-0.2, 0) is 13.0 Å². The monoisotopic (exact) mass is 442 g/mol. The Labute approximate surface area is 192 Å². The smallest absolute Gasteiger partial charge is 0.274 e. The molecule has 0 N–H and O–H groups in total. The molecule has 2 amide bonds. The second-order valence-corrected chi connectivity index (χ2v) is 8.53. The number of hydrogen-bond acceptors (Lipinski definition) is 4. The van der Waals surface area contributed by atoms with Crippen LogP contribution in [0.4, 0.5) is 0 Å². The van der Waals surface area contributed by atoms with Crippen LogP contribution < -0.4 is 0 Å². The average Bonchev–Trinajstić information content (AvgIpc) is 3.32. The van der Waals surface area contributed by atoms with E-state index in [9.17, 15) is 14.4 Å². The summed E-state index contributed by atoms with van der Waals surface area (Å²) in [5.74, 6) is -0.430. The Hall–Kier alpha value is -3.74. The lowest BCUT2D eigenvalue weighted by atomic mass is 9.97. The summed E-state index contributed by atoms with van der Waals surface area (Å²) in [7, 11) is 0. The van der Waals surface area contributed by atoms with Crippen LogP contribution in [-0.4, -0.2) is 63.4 Å². The van der Waals surface area contributed by atoms with Crippen LogP contribution in [0.3, 0.4) is 0 Å². The van der Waals surface area contributed by atoms with Crippen LogP contribution in [0.15, 0.2) is 60.7 Å². The van der Waals surface area contributed by atoms with Gasteiger partial charge < -0.3 is 9.80 Å². The van der Waals surface area contributed by atoms with Crippen molar-refractivity contribution in [3.8, 4) is 0 Å². The molecule has 3 heterocycles. The van der Waals surface area contributed by atoms with E-state index in [0.29, 0.717) is 48.6 Å². The number of hydrogen-bond donors (Lipinski definition) is 0. The zero-order valence-corrected chi connectivity index (χ0v) is 18.4. The molecule has 0 aliphatic carbocycles. The summed E-state index contributed by atoms with van der Waals surface area (Å²) < 4.78 is 1.94. The van der Waals surface area contributed by atoms with E-state index in [2.05, 4.69) is 5.10 Å². The summed E-state index contributed by atoms with van der Waals surface area (Å²) >= 11 is 0. The van der Waals surface area contributed by atoms with Gasteiger partial charge in [-0.1, -0.05) is 48.5 Å². The minimum atomic E-state index is -0.181. The fourth-order valence-corrected chi connectivity index (χ4v) is 4.58. The molecular weight excluding hydrogens is 416 g/mol. The minimum absolute atomic E-state index is 0.0799. The summed E-state index contributed by atoms with van der Waals surface area (Å²) in [6.07, 6.45) is 3.19. The van der Waals surface area contributed by atoms with Crippen molar-refractivity contribution in [1.82, 2.24) is 19.6 Å². The first-order chi connectivity index (χ1) is 16.1. The van der Waals surface area contributed by atoms with Crippen LogP contribution in [0.5, 0.6) is 0 Å². The SMILES string of the molecule is O=C(c1ccccc1)c1ccccc1C(=O)N1CCN(C(=O)c2cc3n(n2)CCCC3)CC1. The molecule has 33 heavy (non-hydrogen) atoms. The summed E-state index contributed by atoms with van der Waals surface area (Å²) in [4.78, 5) is 42.7. The van der Waals surface area contributed by atoms with Gasteiger partial charge >= 0.3 is 0 Å². The zero-order valence-electron chi connectivity index (χ0n) is 18.4. The number of amides is 2. The Bertz CT molecular complexity index is 1170. The Morgan fingerprint density at radius 2 is 1.33 bits per heavy atom. The number of carbonyl (C=O) groups is 3. The number of benzene rings is 2. The highest BCUT2D eigenvalue weighted by molar-refractivity contribution is 6.15. The standard InChI is InChI=1S/C26H26N4O3/c31-24(19-8-2-1-3-9-19)21-11-4-5-12-22(21)25(32)28-14-16-29(17-15-28)26(33)23-18-20-10-6-7-13-30(20)27-23/h1-5,8-9,11-12,18H,6-7,10,13-17H2. The maximum Gasteiger partial charge on any atom is 0.274 e. The third kappa shape index (κ3) is 4.18. The van der Waals surface area contributed by atoms with E-state index in [1.807, 2.05) is 28.9 Å². The predicted molar refractivity (Wildman–Crippen MR) is 123 cm³/mol. The third-order valence-electron chi connectivity index (χ3n) is 6.43. The molecule has 7 heteroatoms. The number of carbonyl (C=O) groups excluding carboxylic acids is 3. The fraction of sp³-hybridized carbons (Fsp3) is 0.308. The topological polar surface area (TPSA) is 75.5 Å². The van der Waals surface area contributed by atoms with Crippen molar-refractivity contribution in [3.63, 3.8) is 0 Å². The largest absolute Gasteiger partial charge is 0.335 e. The molecule has 3 aromatic rings. The van der Waals surface area contributed by atoms with Crippen molar-refractivity contribution >= 4 is 17.6 Å². The van der Waals surface area contributed by atoms with E-state index in [1.165, 1.54) is 0 Å². The number of fused-ring (bicyclic) bond motifs is 1. The molecule has 168 valence electrons. The van der Waals surface area contributed by atoms with Gasteiger partial charge in [0.1, 0.15) is 0 Å². The van der Waals surface area contributed by atoms with Crippen molar-refractivity contribution in [2.24, 2.45) is 0 Å². The van der Waals surface area contributed by atoms with Gasteiger partial charge in [-0.05, 0) is 31.4 Å². The molecular formula is C26H26N4O3. The van der Waals surface area contributed by atoms with Crippen LogP contribution in [0, 0.1) is 0 Å². The summed E-state index contributed by atoms with van der Waals surface area (Å²) in [6.45, 7) is 2.60. The molecule has 2 aliphatic heterocycles. The van der Waals surface area contributed by atoms with Gasteiger partial charge in [-0.15, -0.1) is 0 Å². The molecule has 0 saturated carbocycles. The van der Waals surface area contributed by atoms with Gasteiger partial charge in [-0.2, -0.15) is 5.10 Å². The minimum Gasteiger partial charge on any atom is -0.335 e. The van der Waals surface area contributed by atoms with E-state index in [1.54, 1.807) is 46.2 Å². The first-order valence-corrected chi connectivity index (χ1v) is 11.5. The van der Waals surface area contributed by atoms with Crippen LogP contribution in [0.25, 0.3) is 0 Å². The Balaban J connectivity index is 1.27. The van der Waals surface area contributed by atoms with Gasteiger partial charge in [-0.25, -0.2) is 0 Å². The number of piperazine rings is 1. The molecule has 0 spiro atoms. The molecule has 2 aromatic carbocycles. The average molecular weight is 443 g/mol. The molecule has 0 unspecified atom stereocenters. The normalized spacial score (nSPS) is 15.8. The maximum absolute atomic E-state index is 13.3. The molecule has 5 rings (SSSR count). The predicted octanol–water partition coefficient (Wildman–Crippen LogP) is 3.05. The summed E-state index contributed by atoms with van der Waals surface area (Å²) in [6, 6.07) is 17.8. The first kappa shape index (κ1) is 21.1. The molecule has 1 fully saturated rings. The molecule has 1 aromatic heterocycles. The van der Waals surface area contributed by atoms with Gasteiger partial charge in [0.2, 0.25) is 0 Å².